The van der Waals surface area contributed by atoms with Crippen LogP contribution in [0.1, 0.15) is 29.9 Å². The van der Waals surface area contributed by atoms with Crippen LogP contribution in [0.4, 0.5) is 0 Å². The number of nitrogens with zero attached hydrogens (tertiary/aromatic N) is 4. The highest BCUT2D eigenvalue weighted by atomic mass is 32.1. The first-order valence-corrected chi connectivity index (χ1v) is 6.66. The van der Waals surface area contributed by atoms with Crippen molar-refractivity contribution >= 4 is 11.3 Å². The number of aromatic nitrogens is 4. The maximum atomic E-state index is 4.40. The predicted molar refractivity (Wildman–Crippen MR) is 67.7 cm³/mol. The fourth-order valence-corrected chi connectivity index (χ4v) is 2.23. The minimum atomic E-state index is 0.733. The molecule has 0 atom stereocenters. The largest absolute Gasteiger partial charge is 0.304 e. The fraction of sp³-hybridized carbons (Fsp3) is 0.545. The number of aryl methyl sites for hydroxylation is 2. The van der Waals surface area contributed by atoms with Crippen molar-refractivity contribution in [3.8, 4) is 0 Å². The molecule has 2 rings (SSSR count). The van der Waals surface area contributed by atoms with Crippen molar-refractivity contribution in [2.24, 2.45) is 0 Å². The molecule has 0 aromatic carbocycles. The van der Waals surface area contributed by atoms with Gasteiger partial charge in [-0.25, -0.2) is 14.6 Å². The van der Waals surface area contributed by atoms with Gasteiger partial charge in [-0.2, -0.15) is 5.10 Å². The third-order valence-electron chi connectivity index (χ3n) is 2.39. The van der Waals surface area contributed by atoms with Crippen LogP contribution < -0.4 is 5.32 Å². The molecule has 0 amide bonds. The van der Waals surface area contributed by atoms with Crippen molar-refractivity contribution in [1.82, 2.24) is 25.1 Å². The summed E-state index contributed by atoms with van der Waals surface area (Å²) in [6.45, 7) is 6.59. The topological polar surface area (TPSA) is 55.6 Å². The SMILES string of the molecule is CCCn1ncnc1CNCc1csc(C)n1. The van der Waals surface area contributed by atoms with Gasteiger partial charge in [0, 0.05) is 18.5 Å². The summed E-state index contributed by atoms with van der Waals surface area (Å²) in [6.07, 6.45) is 2.68. The first kappa shape index (κ1) is 12.2. The summed E-state index contributed by atoms with van der Waals surface area (Å²) in [5.41, 5.74) is 1.09. The van der Waals surface area contributed by atoms with Crippen LogP contribution in [0, 0.1) is 6.92 Å². The Morgan fingerprint density at radius 2 is 2.29 bits per heavy atom. The van der Waals surface area contributed by atoms with E-state index in [1.807, 2.05) is 11.6 Å². The molecule has 0 aliphatic rings. The Balaban J connectivity index is 1.83. The quantitative estimate of drug-likeness (QED) is 0.849. The number of nitrogens with one attached hydrogen (secondary N) is 1. The van der Waals surface area contributed by atoms with Gasteiger partial charge in [0.25, 0.3) is 0 Å². The lowest BCUT2D eigenvalue weighted by molar-refractivity contribution is 0.541. The molecule has 0 spiro atoms. The van der Waals surface area contributed by atoms with Crippen LogP contribution in [0.25, 0.3) is 0 Å². The van der Waals surface area contributed by atoms with Crippen molar-refractivity contribution in [3.05, 3.63) is 28.2 Å². The summed E-state index contributed by atoms with van der Waals surface area (Å²) < 4.78 is 1.94. The van der Waals surface area contributed by atoms with Crippen molar-refractivity contribution in [2.75, 3.05) is 0 Å². The van der Waals surface area contributed by atoms with E-state index in [1.54, 1.807) is 17.7 Å². The second-order valence-electron chi connectivity index (χ2n) is 3.86. The van der Waals surface area contributed by atoms with Crippen molar-refractivity contribution in [1.29, 1.82) is 0 Å². The molecule has 0 fully saturated rings. The van der Waals surface area contributed by atoms with E-state index < -0.39 is 0 Å². The van der Waals surface area contributed by atoms with Gasteiger partial charge in [0.2, 0.25) is 0 Å². The molecule has 0 saturated heterocycles. The maximum Gasteiger partial charge on any atom is 0.140 e. The number of thiazole rings is 1. The van der Waals surface area contributed by atoms with E-state index in [0.717, 1.165) is 42.6 Å². The lowest BCUT2D eigenvalue weighted by atomic mass is 10.4. The molecule has 0 bridgehead atoms. The fourth-order valence-electron chi connectivity index (χ4n) is 1.62. The summed E-state index contributed by atoms with van der Waals surface area (Å²) in [5.74, 6) is 0.985. The van der Waals surface area contributed by atoms with Crippen LogP contribution in [0.5, 0.6) is 0 Å². The van der Waals surface area contributed by atoms with E-state index >= 15 is 0 Å². The Bertz CT molecular complexity index is 462. The first-order valence-electron chi connectivity index (χ1n) is 5.78. The van der Waals surface area contributed by atoms with Crippen LogP contribution in [0.15, 0.2) is 11.7 Å². The molecule has 0 unspecified atom stereocenters. The summed E-state index contributed by atoms with van der Waals surface area (Å²) in [4.78, 5) is 8.64. The Labute approximate surface area is 105 Å². The molecule has 5 nitrogen and oxygen atoms in total. The minimum absolute atomic E-state index is 0.733. The predicted octanol–water partition coefficient (Wildman–Crippen LogP) is 1.74. The van der Waals surface area contributed by atoms with Gasteiger partial charge in [-0.05, 0) is 13.3 Å². The Kier molecular flexibility index (Phi) is 4.22. The molecule has 92 valence electrons. The van der Waals surface area contributed by atoms with Crippen LogP contribution in [0.3, 0.4) is 0 Å². The first-order chi connectivity index (χ1) is 8.29. The average molecular weight is 251 g/mol. The van der Waals surface area contributed by atoms with E-state index in [0.29, 0.717) is 0 Å². The molecular formula is C11H17N5S. The molecule has 17 heavy (non-hydrogen) atoms. The van der Waals surface area contributed by atoms with Crippen molar-refractivity contribution < 1.29 is 0 Å². The van der Waals surface area contributed by atoms with Crippen LogP contribution in [-0.4, -0.2) is 19.7 Å². The highest BCUT2D eigenvalue weighted by molar-refractivity contribution is 7.09. The summed E-state index contributed by atoms with van der Waals surface area (Å²) in [5, 5.41) is 10.7. The minimum Gasteiger partial charge on any atom is -0.304 e. The molecule has 2 heterocycles. The zero-order valence-electron chi connectivity index (χ0n) is 10.2. The van der Waals surface area contributed by atoms with E-state index in [2.05, 4.69) is 32.7 Å². The third kappa shape index (κ3) is 3.34. The van der Waals surface area contributed by atoms with Gasteiger partial charge in [-0.3, -0.25) is 0 Å². The van der Waals surface area contributed by atoms with Gasteiger partial charge < -0.3 is 5.32 Å². The highest BCUT2D eigenvalue weighted by Crippen LogP contribution is 2.07. The van der Waals surface area contributed by atoms with Crippen LogP contribution in [-0.2, 0) is 19.6 Å². The molecule has 2 aromatic rings. The Morgan fingerprint density at radius 3 is 3.00 bits per heavy atom. The molecule has 0 saturated carbocycles. The summed E-state index contributed by atoms with van der Waals surface area (Å²) in [6, 6.07) is 0. The maximum absolute atomic E-state index is 4.40. The molecule has 2 aromatic heterocycles. The van der Waals surface area contributed by atoms with Crippen molar-refractivity contribution in [2.45, 2.75) is 39.9 Å². The summed E-state index contributed by atoms with van der Waals surface area (Å²) in [7, 11) is 0. The van der Waals surface area contributed by atoms with E-state index in [1.165, 1.54) is 0 Å². The average Bonchev–Trinajstić information content (AvgIpc) is 2.90. The second-order valence-corrected chi connectivity index (χ2v) is 4.92. The van der Waals surface area contributed by atoms with E-state index in [4.69, 9.17) is 0 Å². The third-order valence-corrected chi connectivity index (χ3v) is 3.21. The normalized spacial score (nSPS) is 10.9. The lowest BCUT2D eigenvalue weighted by Gasteiger charge is -2.04. The zero-order chi connectivity index (χ0) is 12.1. The number of hydrogen-bond donors (Lipinski definition) is 1. The Morgan fingerprint density at radius 1 is 1.41 bits per heavy atom. The van der Waals surface area contributed by atoms with Gasteiger partial charge in [0.15, 0.2) is 0 Å². The van der Waals surface area contributed by atoms with Gasteiger partial charge in [0.05, 0.1) is 17.2 Å². The number of hydrogen-bond acceptors (Lipinski definition) is 5. The highest BCUT2D eigenvalue weighted by Gasteiger charge is 2.03. The number of rotatable bonds is 6. The standard InChI is InChI=1S/C11H17N5S/c1-3-4-16-11(13-8-14-16)6-12-5-10-7-17-9(2)15-10/h7-8,12H,3-6H2,1-2H3. The van der Waals surface area contributed by atoms with Gasteiger partial charge in [-0.1, -0.05) is 6.92 Å². The second kappa shape index (κ2) is 5.88. The van der Waals surface area contributed by atoms with Gasteiger partial charge in [0.1, 0.15) is 12.2 Å². The van der Waals surface area contributed by atoms with Gasteiger partial charge in [-0.15, -0.1) is 11.3 Å². The summed E-state index contributed by atoms with van der Waals surface area (Å²) >= 11 is 1.68. The van der Waals surface area contributed by atoms with Crippen LogP contribution >= 0.6 is 11.3 Å². The molecular weight excluding hydrogens is 234 g/mol. The zero-order valence-corrected chi connectivity index (χ0v) is 11.0. The lowest BCUT2D eigenvalue weighted by Crippen LogP contribution is -2.17. The molecule has 0 aliphatic carbocycles. The molecule has 0 radical (unpaired) electrons. The smallest absolute Gasteiger partial charge is 0.140 e. The molecule has 0 aliphatic heterocycles. The Hall–Kier alpha value is -1.27. The monoisotopic (exact) mass is 251 g/mol. The van der Waals surface area contributed by atoms with Crippen molar-refractivity contribution in [3.63, 3.8) is 0 Å². The van der Waals surface area contributed by atoms with Gasteiger partial charge >= 0.3 is 0 Å². The molecule has 6 heteroatoms. The molecule has 1 N–H and O–H groups in total. The van der Waals surface area contributed by atoms with Crippen LogP contribution in [0.2, 0.25) is 0 Å². The van der Waals surface area contributed by atoms with E-state index in [-0.39, 0.29) is 0 Å². The van der Waals surface area contributed by atoms with E-state index in [9.17, 15) is 0 Å².